The molecule has 0 fully saturated rings. The molecule has 9 heteroatoms. The van der Waals surface area contributed by atoms with Gasteiger partial charge in [-0.1, -0.05) is 12.1 Å². The van der Waals surface area contributed by atoms with Crippen molar-refractivity contribution in [1.29, 1.82) is 0 Å². The first-order valence-electron chi connectivity index (χ1n) is 8.98. The van der Waals surface area contributed by atoms with Crippen molar-refractivity contribution in [3.63, 3.8) is 0 Å². The zero-order valence-electron chi connectivity index (χ0n) is 16.7. The summed E-state index contributed by atoms with van der Waals surface area (Å²) in [5, 5.41) is 0. The van der Waals surface area contributed by atoms with Gasteiger partial charge in [0.25, 0.3) is 20.0 Å². The molecule has 2 N–H and O–H groups in total. The third-order valence-corrected chi connectivity index (χ3v) is 7.14. The summed E-state index contributed by atoms with van der Waals surface area (Å²) in [4.78, 5) is 0.103. The topological polar surface area (TPSA) is 102 Å². The maximum Gasteiger partial charge on any atom is 0.261 e. The zero-order chi connectivity index (χ0) is 21.9. The van der Waals surface area contributed by atoms with E-state index in [9.17, 15) is 16.8 Å². The van der Waals surface area contributed by atoms with Crippen LogP contribution in [-0.2, 0) is 20.0 Å². The SMILES string of the molecule is COc1ccc(S(=O)(=O)Nc2ccc(S(=O)(=O)Nc3cccc(C)c3)cc2)cc1C. The van der Waals surface area contributed by atoms with Crippen LogP contribution in [0, 0.1) is 13.8 Å². The smallest absolute Gasteiger partial charge is 0.261 e. The van der Waals surface area contributed by atoms with Gasteiger partial charge in [-0.25, -0.2) is 16.8 Å². The maximum atomic E-state index is 12.6. The second kappa shape index (κ2) is 8.37. The van der Waals surface area contributed by atoms with E-state index in [1.54, 1.807) is 31.2 Å². The van der Waals surface area contributed by atoms with Crippen LogP contribution in [-0.4, -0.2) is 23.9 Å². The molecule has 0 heterocycles. The lowest BCUT2D eigenvalue weighted by Gasteiger charge is -2.12. The Balaban J connectivity index is 1.79. The molecule has 7 nitrogen and oxygen atoms in total. The molecule has 0 aromatic heterocycles. The first-order valence-corrected chi connectivity index (χ1v) is 11.9. The minimum absolute atomic E-state index is 0.0206. The number of hydrogen-bond acceptors (Lipinski definition) is 5. The summed E-state index contributed by atoms with van der Waals surface area (Å²) in [7, 11) is -6.12. The van der Waals surface area contributed by atoms with Crippen LogP contribution in [0.1, 0.15) is 11.1 Å². The Labute approximate surface area is 176 Å². The Bertz CT molecular complexity index is 1270. The third-order valence-electron chi connectivity index (χ3n) is 4.36. The molecule has 3 aromatic rings. The predicted molar refractivity (Wildman–Crippen MR) is 117 cm³/mol. The molecule has 0 aliphatic carbocycles. The van der Waals surface area contributed by atoms with Gasteiger partial charge < -0.3 is 4.74 Å². The van der Waals surface area contributed by atoms with Crippen molar-refractivity contribution in [2.75, 3.05) is 16.6 Å². The van der Waals surface area contributed by atoms with Crippen LogP contribution in [0.5, 0.6) is 5.75 Å². The van der Waals surface area contributed by atoms with Gasteiger partial charge in [-0.3, -0.25) is 9.44 Å². The van der Waals surface area contributed by atoms with Crippen molar-refractivity contribution < 1.29 is 21.6 Å². The van der Waals surface area contributed by atoms with Gasteiger partial charge in [0.15, 0.2) is 0 Å². The summed E-state index contributed by atoms with van der Waals surface area (Å²) < 4.78 is 60.5. The van der Waals surface area contributed by atoms with Crippen LogP contribution in [0.2, 0.25) is 0 Å². The summed E-state index contributed by atoms with van der Waals surface area (Å²) in [6.07, 6.45) is 0. The number of hydrogen-bond donors (Lipinski definition) is 2. The average Bonchev–Trinajstić information content (AvgIpc) is 2.67. The maximum absolute atomic E-state index is 12.6. The van der Waals surface area contributed by atoms with Gasteiger partial charge in [0, 0.05) is 11.4 Å². The number of rotatable bonds is 7. The van der Waals surface area contributed by atoms with E-state index in [-0.39, 0.29) is 15.5 Å². The van der Waals surface area contributed by atoms with E-state index in [0.29, 0.717) is 17.0 Å². The van der Waals surface area contributed by atoms with Crippen LogP contribution in [0.3, 0.4) is 0 Å². The minimum atomic E-state index is -3.83. The van der Waals surface area contributed by atoms with Gasteiger partial charge in [0.05, 0.1) is 16.9 Å². The lowest BCUT2D eigenvalue weighted by Crippen LogP contribution is -2.15. The Morgan fingerprint density at radius 1 is 0.700 bits per heavy atom. The minimum Gasteiger partial charge on any atom is -0.496 e. The zero-order valence-corrected chi connectivity index (χ0v) is 18.3. The highest BCUT2D eigenvalue weighted by Crippen LogP contribution is 2.24. The lowest BCUT2D eigenvalue weighted by molar-refractivity contribution is 0.411. The molecule has 0 spiro atoms. The monoisotopic (exact) mass is 446 g/mol. The van der Waals surface area contributed by atoms with E-state index in [2.05, 4.69) is 9.44 Å². The average molecular weight is 447 g/mol. The molecule has 0 aliphatic heterocycles. The normalized spacial score (nSPS) is 11.7. The standard InChI is InChI=1S/C21H22N2O5S2/c1-15-5-4-6-18(13-15)23-29(24,25)19-9-7-17(8-10-19)22-30(26,27)20-11-12-21(28-3)16(2)14-20/h4-14,22-23H,1-3H3. The highest BCUT2D eigenvalue weighted by atomic mass is 32.2. The van der Waals surface area contributed by atoms with Crippen molar-refractivity contribution in [1.82, 2.24) is 0 Å². The number of methoxy groups -OCH3 is 1. The van der Waals surface area contributed by atoms with Gasteiger partial charge in [-0.05, 0) is 79.6 Å². The summed E-state index contributed by atoms with van der Waals surface area (Å²) in [5.74, 6) is 0.588. The molecule has 0 saturated heterocycles. The summed E-state index contributed by atoms with van der Waals surface area (Å²) in [6.45, 7) is 3.61. The van der Waals surface area contributed by atoms with Gasteiger partial charge >= 0.3 is 0 Å². The Morgan fingerprint density at radius 3 is 1.90 bits per heavy atom. The number of anilines is 2. The van der Waals surface area contributed by atoms with E-state index in [0.717, 1.165) is 5.56 Å². The second-order valence-electron chi connectivity index (χ2n) is 6.74. The fourth-order valence-electron chi connectivity index (χ4n) is 2.86. The summed E-state index contributed by atoms with van der Waals surface area (Å²) >= 11 is 0. The largest absolute Gasteiger partial charge is 0.496 e. The van der Waals surface area contributed by atoms with Crippen molar-refractivity contribution in [2.45, 2.75) is 23.6 Å². The van der Waals surface area contributed by atoms with Crippen LogP contribution in [0.4, 0.5) is 11.4 Å². The third kappa shape index (κ3) is 4.92. The van der Waals surface area contributed by atoms with Crippen molar-refractivity contribution >= 4 is 31.4 Å². The molecule has 3 rings (SSSR count). The van der Waals surface area contributed by atoms with Crippen LogP contribution in [0.25, 0.3) is 0 Å². The lowest BCUT2D eigenvalue weighted by atomic mass is 10.2. The number of benzene rings is 3. The highest BCUT2D eigenvalue weighted by Gasteiger charge is 2.18. The van der Waals surface area contributed by atoms with E-state index < -0.39 is 20.0 Å². The molecule has 0 radical (unpaired) electrons. The van der Waals surface area contributed by atoms with E-state index in [4.69, 9.17) is 4.74 Å². The van der Waals surface area contributed by atoms with Crippen molar-refractivity contribution in [3.05, 3.63) is 77.9 Å². The number of aryl methyl sites for hydroxylation is 2. The summed E-state index contributed by atoms with van der Waals surface area (Å²) in [5.41, 5.74) is 2.31. The van der Waals surface area contributed by atoms with Crippen LogP contribution < -0.4 is 14.2 Å². The highest BCUT2D eigenvalue weighted by molar-refractivity contribution is 7.93. The quantitative estimate of drug-likeness (QED) is 0.573. The summed E-state index contributed by atoms with van der Waals surface area (Å²) in [6, 6.07) is 17.0. The van der Waals surface area contributed by atoms with E-state index in [1.807, 2.05) is 13.0 Å². The second-order valence-corrected chi connectivity index (χ2v) is 10.1. The predicted octanol–water partition coefficient (Wildman–Crippen LogP) is 3.91. The molecular formula is C21H22N2O5S2. The van der Waals surface area contributed by atoms with E-state index >= 15 is 0 Å². The molecule has 0 bridgehead atoms. The molecule has 30 heavy (non-hydrogen) atoms. The molecule has 0 atom stereocenters. The fraction of sp³-hybridized carbons (Fsp3) is 0.143. The Morgan fingerprint density at radius 2 is 1.30 bits per heavy atom. The first kappa shape index (κ1) is 21.7. The molecule has 0 amide bonds. The molecule has 158 valence electrons. The van der Waals surface area contributed by atoms with Crippen LogP contribution >= 0.6 is 0 Å². The van der Waals surface area contributed by atoms with Crippen molar-refractivity contribution in [3.8, 4) is 5.75 Å². The van der Waals surface area contributed by atoms with Gasteiger partial charge in [0.1, 0.15) is 5.75 Å². The molecule has 3 aromatic carbocycles. The number of nitrogens with one attached hydrogen (secondary N) is 2. The fourth-order valence-corrected chi connectivity index (χ4v) is 5.05. The first-order chi connectivity index (χ1) is 14.1. The van der Waals surface area contributed by atoms with Crippen LogP contribution in [0.15, 0.2) is 76.5 Å². The Kier molecular flexibility index (Phi) is 6.04. The number of sulfonamides is 2. The van der Waals surface area contributed by atoms with Gasteiger partial charge in [0.2, 0.25) is 0 Å². The number of ether oxygens (including phenoxy) is 1. The van der Waals surface area contributed by atoms with E-state index in [1.165, 1.54) is 43.5 Å². The molecule has 0 saturated carbocycles. The van der Waals surface area contributed by atoms with Crippen molar-refractivity contribution in [2.24, 2.45) is 0 Å². The molecule has 0 aliphatic rings. The van der Waals surface area contributed by atoms with Gasteiger partial charge in [-0.2, -0.15) is 0 Å². The van der Waals surface area contributed by atoms with Gasteiger partial charge in [-0.15, -0.1) is 0 Å². The Hall–Kier alpha value is -3.04. The molecular weight excluding hydrogens is 424 g/mol. The molecule has 0 unspecified atom stereocenters.